The molecule has 0 radical (unpaired) electrons. The predicted octanol–water partition coefficient (Wildman–Crippen LogP) is 2.12. The Balaban J connectivity index is 2.11. The number of nitrogen functional groups attached to an aromatic ring is 1. The summed E-state index contributed by atoms with van der Waals surface area (Å²) in [5, 5.41) is 9.19. The summed E-state index contributed by atoms with van der Waals surface area (Å²) in [7, 11) is 2.96. The van der Waals surface area contributed by atoms with Crippen molar-refractivity contribution < 1.29 is 27.5 Å². The first kappa shape index (κ1) is 22.2. The van der Waals surface area contributed by atoms with Crippen molar-refractivity contribution >= 4 is 17.6 Å². The molecule has 0 bridgehead atoms. The van der Waals surface area contributed by atoms with E-state index in [4.69, 9.17) is 5.73 Å². The molecule has 0 spiro atoms. The molecule has 8 nitrogen and oxygen atoms in total. The highest BCUT2D eigenvalue weighted by molar-refractivity contribution is 5.97. The van der Waals surface area contributed by atoms with E-state index in [1.54, 1.807) is 6.07 Å². The molecule has 1 fully saturated rings. The van der Waals surface area contributed by atoms with Gasteiger partial charge < -0.3 is 24.8 Å². The van der Waals surface area contributed by atoms with E-state index in [2.05, 4.69) is 4.74 Å². The van der Waals surface area contributed by atoms with E-state index in [0.29, 0.717) is 26.2 Å². The molecule has 164 valence electrons. The highest BCUT2D eigenvalue weighted by Gasteiger charge is 2.37. The molecule has 0 aliphatic carbocycles. The van der Waals surface area contributed by atoms with Crippen LogP contribution in [0.1, 0.15) is 32.0 Å². The minimum absolute atomic E-state index is 0.0872. The molecule has 0 unspecified atom stereocenters. The number of ether oxygens (including phenoxy) is 1. The Hall–Kier alpha value is -3.52. The third-order valence-corrected chi connectivity index (χ3v) is 5.15. The number of nitrogens with zero attached hydrogens (tertiary/aromatic N) is 4. The SMILES string of the molecule is COC(=O)c1c(N)c(C#N)cn1-c1ccc(C(=O)N2CCN(C)CC2)c(C(F)(F)F)c1. The van der Waals surface area contributed by atoms with Crippen molar-refractivity contribution in [2.75, 3.05) is 46.1 Å². The lowest BCUT2D eigenvalue weighted by Crippen LogP contribution is -2.47. The van der Waals surface area contributed by atoms with Crippen LogP contribution in [0.15, 0.2) is 24.4 Å². The molecule has 2 aromatic rings. The second kappa shape index (κ2) is 8.31. The van der Waals surface area contributed by atoms with Gasteiger partial charge in [0.25, 0.3) is 5.91 Å². The van der Waals surface area contributed by atoms with Crippen molar-refractivity contribution in [2.24, 2.45) is 0 Å². The molecule has 1 aliphatic rings. The van der Waals surface area contributed by atoms with E-state index < -0.39 is 29.2 Å². The van der Waals surface area contributed by atoms with E-state index in [1.165, 1.54) is 11.0 Å². The number of likely N-dealkylation sites (N-methyl/N-ethyl adjacent to an activating group) is 1. The van der Waals surface area contributed by atoms with Crippen LogP contribution in [-0.2, 0) is 10.9 Å². The molecular weight excluding hydrogens is 415 g/mol. The van der Waals surface area contributed by atoms with Gasteiger partial charge in [-0.1, -0.05) is 0 Å². The average Bonchev–Trinajstić information content (AvgIpc) is 3.08. The molecule has 1 saturated heterocycles. The normalized spacial score (nSPS) is 14.9. The Morgan fingerprint density at radius 2 is 1.84 bits per heavy atom. The lowest BCUT2D eigenvalue weighted by Gasteiger charge is -2.33. The molecule has 1 aromatic carbocycles. The second-order valence-electron chi connectivity index (χ2n) is 7.10. The van der Waals surface area contributed by atoms with E-state index >= 15 is 0 Å². The maximum absolute atomic E-state index is 13.9. The number of alkyl halides is 3. The fourth-order valence-electron chi connectivity index (χ4n) is 3.40. The summed E-state index contributed by atoms with van der Waals surface area (Å²) in [5.74, 6) is -1.63. The van der Waals surface area contributed by atoms with Crippen molar-refractivity contribution in [1.82, 2.24) is 14.4 Å². The number of piperazine rings is 1. The van der Waals surface area contributed by atoms with Crippen molar-refractivity contribution in [1.29, 1.82) is 5.26 Å². The number of hydrogen-bond acceptors (Lipinski definition) is 6. The number of rotatable bonds is 3. The fraction of sp³-hybridized carbons (Fsp3) is 0.350. The Labute approximate surface area is 176 Å². The van der Waals surface area contributed by atoms with E-state index in [0.717, 1.165) is 30.0 Å². The number of hydrogen-bond donors (Lipinski definition) is 1. The van der Waals surface area contributed by atoms with Crippen LogP contribution in [0.2, 0.25) is 0 Å². The quantitative estimate of drug-likeness (QED) is 0.741. The zero-order chi connectivity index (χ0) is 22.9. The van der Waals surface area contributed by atoms with Gasteiger partial charge in [-0.3, -0.25) is 4.79 Å². The lowest BCUT2D eigenvalue weighted by atomic mass is 10.0. The number of nitrogens with two attached hydrogens (primary N) is 1. The van der Waals surface area contributed by atoms with Gasteiger partial charge in [-0.2, -0.15) is 18.4 Å². The van der Waals surface area contributed by atoms with Crippen molar-refractivity contribution in [3.05, 3.63) is 46.8 Å². The van der Waals surface area contributed by atoms with Gasteiger partial charge in [0.2, 0.25) is 0 Å². The summed E-state index contributed by atoms with van der Waals surface area (Å²) in [6.45, 7) is 1.77. The molecule has 0 saturated carbocycles. The number of benzene rings is 1. The van der Waals surface area contributed by atoms with Crippen LogP contribution in [0.25, 0.3) is 5.69 Å². The fourth-order valence-corrected chi connectivity index (χ4v) is 3.40. The zero-order valence-electron chi connectivity index (χ0n) is 16.9. The number of amides is 1. The van der Waals surface area contributed by atoms with E-state index in [9.17, 15) is 28.0 Å². The standard InChI is InChI=1S/C20H20F3N5O3/c1-26-5-7-27(8-6-26)18(29)14-4-3-13(9-15(14)20(21,22)23)28-11-12(10-24)16(25)17(28)19(30)31-2/h3-4,9,11H,5-8,25H2,1-2H3. The third kappa shape index (κ3) is 4.20. The topological polar surface area (TPSA) is 105 Å². The number of nitriles is 1. The van der Waals surface area contributed by atoms with E-state index in [-0.39, 0.29) is 22.6 Å². The molecule has 1 aliphatic heterocycles. The first-order valence-electron chi connectivity index (χ1n) is 9.27. The number of aromatic nitrogens is 1. The van der Waals surface area contributed by atoms with Gasteiger partial charge in [-0.05, 0) is 25.2 Å². The first-order valence-corrected chi connectivity index (χ1v) is 9.27. The number of carbonyl (C=O) groups is 2. The average molecular weight is 435 g/mol. The Morgan fingerprint density at radius 1 is 1.19 bits per heavy atom. The molecule has 31 heavy (non-hydrogen) atoms. The molecule has 1 amide bonds. The van der Waals surface area contributed by atoms with Crippen molar-refractivity contribution in [2.45, 2.75) is 6.18 Å². The van der Waals surface area contributed by atoms with Crippen LogP contribution < -0.4 is 5.73 Å². The Kier molecular flexibility index (Phi) is 5.94. The molecule has 1 aromatic heterocycles. The van der Waals surface area contributed by atoms with Gasteiger partial charge in [-0.15, -0.1) is 0 Å². The number of methoxy groups -OCH3 is 1. The molecule has 0 atom stereocenters. The smallest absolute Gasteiger partial charge is 0.417 e. The van der Waals surface area contributed by atoms with Crippen LogP contribution in [-0.4, -0.2) is 66.6 Å². The molecule has 2 N–H and O–H groups in total. The van der Waals surface area contributed by atoms with Gasteiger partial charge in [0.15, 0.2) is 5.69 Å². The Morgan fingerprint density at radius 3 is 2.39 bits per heavy atom. The van der Waals surface area contributed by atoms with Crippen LogP contribution >= 0.6 is 0 Å². The maximum atomic E-state index is 13.9. The summed E-state index contributed by atoms with van der Waals surface area (Å²) in [6, 6.07) is 4.89. The van der Waals surface area contributed by atoms with E-state index in [1.807, 2.05) is 11.9 Å². The maximum Gasteiger partial charge on any atom is 0.417 e. The van der Waals surface area contributed by atoms with Gasteiger partial charge in [0.1, 0.15) is 6.07 Å². The number of anilines is 1. The molecule has 2 heterocycles. The van der Waals surface area contributed by atoms with Gasteiger partial charge in [-0.25, -0.2) is 4.79 Å². The van der Waals surface area contributed by atoms with Crippen molar-refractivity contribution in [3.63, 3.8) is 0 Å². The summed E-state index contributed by atoms with van der Waals surface area (Å²) < 4.78 is 47.3. The van der Waals surface area contributed by atoms with Gasteiger partial charge >= 0.3 is 12.1 Å². The first-order chi connectivity index (χ1) is 14.6. The molecule has 11 heteroatoms. The molecule has 3 rings (SSSR count). The number of carbonyl (C=O) groups excluding carboxylic acids is 2. The number of esters is 1. The summed E-state index contributed by atoms with van der Waals surface area (Å²) in [6.07, 6.45) is -3.67. The van der Waals surface area contributed by atoms with Crippen LogP contribution in [0, 0.1) is 11.3 Å². The van der Waals surface area contributed by atoms with Gasteiger partial charge in [0, 0.05) is 38.1 Å². The monoisotopic (exact) mass is 435 g/mol. The van der Waals surface area contributed by atoms with Crippen LogP contribution in [0.4, 0.5) is 18.9 Å². The highest BCUT2D eigenvalue weighted by atomic mass is 19.4. The zero-order valence-corrected chi connectivity index (χ0v) is 16.9. The van der Waals surface area contributed by atoms with Crippen LogP contribution in [0.3, 0.4) is 0 Å². The summed E-state index contributed by atoms with van der Waals surface area (Å²) in [5.41, 5.74) is 3.52. The number of halogens is 3. The summed E-state index contributed by atoms with van der Waals surface area (Å²) in [4.78, 5) is 28.3. The van der Waals surface area contributed by atoms with Gasteiger partial charge in [0.05, 0.1) is 29.5 Å². The predicted molar refractivity (Wildman–Crippen MR) is 105 cm³/mol. The largest absolute Gasteiger partial charge is 0.464 e. The minimum Gasteiger partial charge on any atom is -0.464 e. The second-order valence-corrected chi connectivity index (χ2v) is 7.10. The van der Waals surface area contributed by atoms with Crippen LogP contribution in [0.5, 0.6) is 0 Å². The third-order valence-electron chi connectivity index (χ3n) is 5.15. The lowest BCUT2D eigenvalue weighted by molar-refractivity contribution is -0.138. The van der Waals surface area contributed by atoms with Crippen molar-refractivity contribution in [3.8, 4) is 11.8 Å². The Bertz CT molecular complexity index is 1060. The highest BCUT2D eigenvalue weighted by Crippen LogP contribution is 2.35. The summed E-state index contributed by atoms with van der Waals surface area (Å²) >= 11 is 0. The minimum atomic E-state index is -4.82. The molecular formula is C20H20F3N5O3.